The summed E-state index contributed by atoms with van der Waals surface area (Å²) in [5.41, 5.74) is 3.94. The van der Waals surface area contributed by atoms with Crippen LogP contribution >= 0.6 is 0 Å². The summed E-state index contributed by atoms with van der Waals surface area (Å²) >= 11 is 0. The molecule has 0 saturated heterocycles. The lowest BCUT2D eigenvalue weighted by molar-refractivity contribution is 0.134. The van der Waals surface area contributed by atoms with Crippen molar-refractivity contribution in [2.75, 3.05) is 6.54 Å². The molecule has 3 heteroatoms. The van der Waals surface area contributed by atoms with E-state index in [0.717, 1.165) is 31.9 Å². The van der Waals surface area contributed by atoms with Crippen LogP contribution in [-0.2, 0) is 24.4 Å². The molecular formula is C16H19NO2. The van der Waals surface area contributed by atoms with Gasteiger partial charge in [-0.15, -0.1) is 0 Å². The van der Waals surface area contributed by atoms with Crippen molar-refractivity contribution >= 4 is 0 Å². The zero-order chi connectivity index (χ0) is 13.1. The molecule has 19 heavy (non-hydrogen) atoms. The summed E-state index contributed by atoms with van der Waals surface area (Å²) in [6.45, 7) is 4.56. The molecule has 1 atom stereocenters. The van der Waals surface area contributed by atoms with E-state index in [1.165, 1.54) is 16.7 Å². The van der Waals surface area contributed by atoms with Crippen molar-refractivity contribution in [2.45, 2.75) is 32.6 Å². The second-order valence-corrected chi connectivity index (χ2v) is 4.91. The predicted octanol–water partition coefficient (Wildman–Crippen LogP) is 3.20. The van der Waals surface area contributed by atoms with Crippen molar-refractivity contribution in [2.24, 2.45) is 0 Å². The van der Waals surface area contributed by atoms with Crippen molar-refractivity contribution in [3.05, 3.63) is 59.0 Å². The van der Waals surface area contributed by atoms with Gasteiger partial charge < -0.3 is 14.5 Å². The van der Waals surface area contributed by atoms with Gasteiger partial charge in [0.15, 0.2) is 0 Å². The van der Waals surface area contributed by atoms with Crippen molar-refractivity contribution in [1.82, 2.24) is 5.32 Å². The van der Waals surface area contributed by atoms with Crippen molar-refractivity contribution in [3.8, 4) is 0 Å². The highest BCUT2D eigenvalue weighted by Crippen LogP contribution is 2.25. The number of fused-ring (bicyclic) bond motifs is 1. The van der Waals surface area contributed by atoms with Gasteiger partial charge in [0, 0.05) is 12.5 Å². The maximum atomic E-state index is 5.48. The summed E-state index contributed by atoms with van der Waals surface area (Å²) in [5.74, 6) is 1.02. The van der Waals surface area contributed by atoms with E-state index in [4.69, 9.17) is 9.15 Å². The molecule has 1 aliphatic rings. The summed E-state index contributed by atoms with van der Waals surface area (Å²) in [5, 5.41) is 3.53. The van der Waals surface area contributed by atoms with Gasteiger partial charge in [-0.1, -0.05) is 25.1 Å². The lowest BCUT2D eigenvalue weighted by atomic mass is 9.98. The van der Waals surface area contributed by atoms with E-state index < -0.39 is 0 Å². The highest BCUT2D eigenvalue weighted by Gasteiger charge is 2.17. The minimum Gasteiger partial charge on any atom is -0.469 e. The van der Waals surface area contributed by atoms with Gasteiger partial charge in [0.05, 0.1) is 19.5 Å². The summed E-state index contributed by atoms with van der Waals surface area (Å²) in [6.07, 6.45) is 2.61. The number of furan rings is 1. The molecule has 1 aromatic carbocycles. The van der Waals surface area contributed by atoms with Crippen LogP contribution in [0.2, 0.25) is 0 Å². The Labute approximate surface area is 113 Å². The molecule has 1 aliphatic heterocycles. The first-order chi connectivity index (χ1) is 9.36. The number of likely N-dealkylation sites (N-methyl/N-ethyl adjacent to an activating group) is 1. The smallest absolute Gasteiger partial charge is 0.105 e. The number of benzene rings is 1. The zero-order valence-corrected chi connectivity index (χ0v) is 11.2. The molecule has 0 aliphatic carbocycles. The number of rotatable bonds is 5. The quantitative estimate of drug-likeness (QED) is 0.893. The van der Waals surface area contributed by atoms with E-state index in [2.05, 4.69) is 30.4 Å². The fraction of sp³-hybridized carbons (Fsp3) is 0.375. The molecule has 100 valence electrons. The summed E-state index contributed by atoms with van der Waals surface area (Å²) in [7, 11) is 0. The maximum absolute atomic E-state index is 5.48. The zero-order valence-electron chi connectivity index (χ0n) is 11.2. The summed E-state index contributed by atoms with van der Waals surface area (Å²) < 4.78 is 10.9. The van der Waals surface area contributed by atoms with Gasteiger partial charge in [-0.3, -0.25) is 0 Å². The maximum Gasteiger partial charge on any atom is 0.105 e. The highest BCUT2D eigenvalue weighted by atomic mass is 16.5. The van der Waals surface area contributed by atoms with Crippen molar-refractivity contribution in [1.29, 1.82) is 0 Å². The standard InChI is InChI=1S/C16H19NO2/c1-2-17-16(9-15-4-3-7-19-15)12-5-6-13-10-18-11-14(13)8-12/h3-8,16-17H,2,9-11H2,1H3. The van der Waals surface area contributed by atoms with Crippen LogP contribution in [0.25, 0.3) is 0 Å². The van der Waals surface area contributed by atoms with Crippen molar-refractivity contribution < 1.29 is 9.15 Å². The molecule has 2 heterocycles. The van der Waals surface area contributed by atoms with Gasteiger partial charge in [-0.2, -0.15) is 0 Å². The highest BCUT2D eigenvalue weighted by molar-refractivity contribution is 5.35. The average Bonchev–Trinajstić information content (AvgIpc) is 3.08. The Bertz CT molecular complexity index is 534. The van der Waals surface area contributed by atoms with E-state index in [1.54, 1.807) is 6.26 Å². The Morgan fingerprint density at radius 3 is 2.89 bits per heavy atom. The van der Waals surface area contributed by atoms with E-state index in [-0.39, 0.29) is 0 Å². The third kappa shape index (κ3) is 2.72. The van der Waals surface area contributed by atoms with Gasteiger partial charge in [0.1, 0.15) is 5.76 Å². The lowest BCUT2D eigenvalue weighted by Crippen LogP contribution is -2.23. The van der Waals surface area contributed by atoms with Crippen LogP contribution in [0, 0.1) is 0 Å². The molecule has 0 spiro atoms. The molecule has 0 radical (unpaired) electrons. The molecule has 1 unspecified atom stereocenters. The molecular weight excluding hydrogens is 238 g/mol. The molecule has 0 amide bonds. The Morgan fingerprint density at radius 1 is 1.21 bits per heavy atom. The molecule has 0 saturated carbocycles. The second kappa shape index (κ2) is 5.59. The fourth-order valence-electron chi connectivity index (χ4n) is 2.59. The van der Waals surface area contributed by atoms with Gasteiger partial charge in [0.25, 0.3) is 0 Å². The molecule has 1 aromatic heterocycles. The van der Waals surface area contributed by atoms with Crippen LogP contribution in [-0.4, -0.2) is 6.54 Å². The third-order valence-corrected chi connectivity index (χ3v) is 3.58. The second-order valence-electron chi connectivity index (χ2n) is 4.91. The van der Waals surface area contributed by atoms with Crippen LogP contribution < -0.4 is 5.32 Å². The molecule has 0 fully saturated rings. The van der Waals surface area contributed by atoms with Crippen molar-refractivity contribution in [3.63, 3.8) is 0 Å². The first-order valence-corrected chi connectivity index (χ1v) is 6.82. The van der Waals surface area contributed by atoms with E-state index in [1.807, 2.05) is 12.1 Å². The van der Waals surface area contributed by atoms with Crippen LogP contribution in [0.15, 0.2) is 41.0 Å². The van der Waals surface area contributed by atoms with Gasteiger partial charge in [-0.05, 0) is 35.4 Å². The minimum atomic E-state index is 0.294. The predicted molar refractivity (Wildman–Crippen MR) is 73.8 cm³/mol. The first-order valence-electron chi connectivity index (χ1n) is 6.82. The Morgan fingerprint density at radius 2 is 2.11 bits per heavy atom. The van der Waals surface area contributed by atoms with Gasteiger partial charge >= 0.3 is 0 Å². The molecule has 3 nitrogen and oxygen atoms in total. The van der Waals surface area contributed by atoms with Crippen LogP contribution in [0.4, 0.5) is 0 Å². The lowest BCUT2D eigenvalue weighted by Gasteiger charge is -2.18. The topological polar surface area (TPSA) is 34.4 Å². The monoisotopic (exact) mass is 257 g/mol. The van der Waals surface area contributed by atoms with Crippen LogP contribution in [0.3, 0.4) is 0 Å². The molecule has 1 N–H and O–H groups in total. The number of hydrogen-bond acceptors (Lipinski definition) is 3. The van der Waals surface area contributed by atoms with E-state index in [9.17, 15) is 0 Å². The third-order valence-electron chi connectivity index (χ3n) is 3.58. The fourth-order valence-corrected chi connectivity index (χ4v) is 2.59. The van der Waals surface area contributed by atoms with Crippen LogP contribution in [0.1, 0.15) is 35.4 Å². The van der Waals surface area contributed by atoms with Crippen LogP contribution in [0.5, 0.6) is 0 Å². The average molecular weight is 257 g/mol. The van der Waals surface area contributed by atoms with E-state index in [0.29, 0.717) is 6.04 Å². The summed E-state index contributed by atoms with van der Waals surface area (Å²) in [4.78, 5) is 0. The normalized spacial score (nSPS) is 15.4. The number of hydrogen-bond donors (Lipinski definition) is 1. The Hall–Kier alpha value is -1.58. The Balaban J connectivity index is 1.83. The van der Waals surface area contributed by atoms with E-state index >= 15 is 0 Å². The SMILES string of the molecule is CCNC(Cc1ccco1)c1ccc2c(c1)COC2. The largest absolute Gasteiger partial charge is 0.469 e. The molecule has 3 rings (SSSR count). The summed E-state index contributed by atoms with van der Waals surface area (Å²) in [6, 6.07) is 10.9. The molecule has 2 aromatic rings. The van der Waals surface area contributed by atoms with Gasteiger partial charge in [-0.25, -0.2) is 0 Å². The first kappa shape index (κ1) is 12.5. The Kier molecular flexibility index (Phi) is 3.67. The number of ether oxygens (including phenoxy) is 1. The minimum absolute atomic E-state index is 0.294. The number of nitrogens with one attached hydrogen (secondary N) is 1. The van der Waals surface area contributed by atoms with Gasteiger partial charge in [0.2, 0.25) is 0 Å². The molecule has 0 bridgehead atoms.